The number of unbranched alkanes of at least 4 members (excludes halogenated alkanes) is 9. The maximum atomic E-state index is 6.11. The summed E-state index contributed by atoms with van der Waals surface area (Å²) in [5.41, 5.74) is 1.26. The van der Waals surface area contributed by atoms with Crippen molar-refractivity contribution in [1.29, 1.82) is 0 Å². The normalized spacial score (nSPS) is 17.8. The number of ether oxygens (including phenoxy) is 2. The number of hydrogen-bond acceptors (Lipinski definition) is 2. The first-order valence-corrected chi connectivity index (χ1v) is 10.2. The largest absolute Gasteiger partial charge is 0.371 e. The molecule has 2 heteroatoms. The number of rotatable bonds is 15. The zero-order valence-electron chi connectivity index (χ0n) is 15.6. The van der Waals surface area contributed by atoms with Crippen molar-refractivity contribution in [2.45, 2.75) is 96.4 Å². The lowest BCUT2D eigenvalue weighted by atomic mass is 10.0. The monoisotopic (exact) mass is 332 g/mol. The minimum atomic E-state index is 0.291. The fourth-order valence-corrected chi connectivity index (χ4v) is 3.26. The Morgan fingerprint density at radius 2 is 1.50 bits per heavy atom. The van der Waals surface area contributed by atoms with E-state index in [9.17, 15) is 0 Å². The molecule has 1 heterocycles. The van der Waals surface area contributed by atoms with Crippen molar-refractivity contribution in [1.82, 2.24) is 0 Å². The molecule has 2 nitrogen and oxygen atoms in total. The van der Waals surface area contributed by atoms with E-state index in [0.717, 1.165) is 13.0 Å². The molecule has 2 rings (SSSR count). The molecule has 1 fully saturated rings. The first-order valence-electron chi connectivity index (χ1n) is 10.2. The topological polar surface area (TPSA) is 21.8 Å². The zero-order chi connectivity index (χ0) is 16.9. The summed E-state index contributed by atoms with van der Waals surface area (Å²) in [5.74, 6) is 0. The van der Waals surface area contributed by atoms with E-state index >= 15 is 0 Å². The van der Waals surface area contributed by atoms with Gasteiger partial charge < -0.3 is 9.47 Å². The molecule has 0 aliphatic carbocycles. The van der Waals surface area contributed by atoms with Crippen molar-refractivity contribution in [3.05, 3.63) is 35.9 Å². The predicted octanol–water partition coefficient (Wildman–Crippen LogP) is 6.28. The zero-order valence-corrected chi connectivity index (χ0v) is 15.6. The van der Waals surface area contributed by atoms with Crippen LogP contribution in [0.3, 0.4) is 0 Å². The summed E-state index contributed by atoms with van der Waals surface area (Å²) in [5, 5.41) is 0. The molecule has 1 aliphatic rings. The predicted molar refractivity (Wildman–Crippen MR) is 101 cm³/mol. The third-order valence-electron chi connectivity index (χ3n) is 4.92. The number of hydrogen-bond donors (Lipinski definition) is 0. The Morgan fingerprint density at radius 1 is 0.917 bits per heavy atom. The molecule has 1 aromatic carbocycles. The van der Waals surface area contributed by atoms with Crippen molar-refractivity contribution in [3.8, 4) is 0 Å². The van der Waals surface area contributed by atoms with Crippen LogP contribution < -0.4 is 0 Å². The van der Waals surface area contributed by atoms with Gasteiger partial charge in [-0.3, -0.25) is 0 Å². The lowest BCUT2D eigenvalue weighted by molar-refractivity contribution is 0.0148. The van der Waals surface area contributed by atoms with Crippen molar-refractivity contribution in [2.24, 2.45) is 0 Å². The summed E-state index contributed by atoms with van der Waals surface area (Å²) < 4.78 is 11.6. The van der Waals surface area contributed by atoms with E-state index in [0.29, 0.717) is 18.8 Å². The Morgan fingerprint density at radius 3 is 2.08 bits per heavy atom. The van der Waals surface area contributed by atoms with Crippen LogP contribution in [-0.4, -0.2) is 18.8 Å². The van der Waals surface area contributed by atoms with Crippen molar-refractivity contribution >= 4 is 0 Å². The van der Waals surface area contributed by atoms with E-state index in [2.05, 4.69) is 37.3 Å². The van der Waals surface area contributed by atoms with Gasteiger partial charge >= 0.3 is 0 Å². The van der Waals surface area contributed by atoms with Crippen LogP contribution >= 0.6 is 0 Å². The van der Waals surface area contributed by atoms with Gasteiger partial charge in [0.15, 0.2) is 0 Å². The number of benzene rings is 1. The van der Waals surface area contributed by atoms with Gasteiger partial charge in [-0.25, -0.2) is 0 Å². The second kappa shape index (κ2) is 12.5. The molecular formula is C22H36O2. The SMILES string of the molecule is CCCCCCCCCCCC[C@H](OCc1ccccc1)[C@@H]1CO1. The molecule has 0 N–H and O–H groups in total. The highest BCUT2D eigenvalue weighted by Crippen LogP contribution is 2.23. The highest BCUT2D eigenvalue weighted by Gasteiger charge is 2.33. The Hall–Kier alpha value is -0.860. The third-order valence-corrected chi connectivity index (χ3v) is 4.92. The first-order chi connectivity index (χ1) is 11.9. The van der Waals surface area contributed by atoms with Gasteiger partial charge in [0.1, 0.15) is 6.10 Å². The van der Waals surface area contributed by atoms with Crippen LogP contribution in [-0.2, 0) is 16.1 Å². The molecule has 0 radical (unpaired) electrons. The van der Waals surface area contributed by atoms with Gasteiger partial charge in [0.2, 0.25) is 0 Å². The molecule has 0 aromatic heterocycles. The molecule has 24 heavy (non-hydrogen) atoms. The van der Waals surface area contributed by atoms with Crippen molar-refractivity contribution in [3.63, 3.8) is 0 Å². The summed E-state index contributed by atoms with van der Waals surface area (Å²) in [6.07, 6.45) is 15.7. The van der Waals surface area contributed by atoms with Gasteiger partial charge in [0, 0.05) is 0 Å². The van der Waals surface area contributed by atoms with E-state index < -0.39 is 0 Å². The second-order valence-corrected chi connectivity index (χ2v) is 7.18. The van der Waals surface area contributed by atoms with Crippen LogP contribution in [0.5, 0.6) is 0 Å². The van der Waals surface area contributed by atoms with Gasteiger partial charge in [-0.2, -0.15) is 0 Å². The lowest BCUT2D eigenvalue weighted by Crippen LogP contribution is -2.19. The summed E-state index contributed by atoms with van der Waals surface area (Å²) in [7, 11) is 0. The van der Waals surface area contributed by atoms with Crippen molar-refractivity contribution in [2.75, 3.05) is 6.61 Å². The molecule has 2 atom stereocenters. The molecule has 1 aliphatic heterocycles. The van der Waals surface area contributed by atoms with Gasteiger partial charge in [-0.05, 0) is 12.0 Å². The molecule has 0 unspecified atom stereocenters. The Balaban J connectivity index is 1.47. The fourth-order valence-electron chi connectivity index (χ4n) is 3.26. The van der Waals surface area contributed by atoms with Crippen molar-refractivity contribution < 1.29 is 9.47 Å². The molecule has 0 spiro atoms. The number of epoxide rings is 1. The van der Waals surface area contributed by atoms with Crippen LogP contribution in [0.25, 0.3) is 0 Å². The third kappa shape index (κ3) is 8.84. The molecular weight excluding hydrogens is 296 g/mol. The molecule has 0 saturated carbocycles. The lowest BCUT2D eigenvalue weighted by Gasteiger charge is -2.16. The van der Waals surface area contributed by atoms with Gasteiger partial charge in [-0.1, -0.05) is 101 Å². The smallest absolute Gasteiger partial charge is 0.107 e. The molecule has 136 valence electrons. The van der Waals surface area contributed by atoms with Crippen LogP contribution in [0.15, 0.2) is 30.3 Å². The van der Waals surface area contributed by atoms with Gasteiger partial charge in [0.05, 0.1) is 19.3 Å². The molecule has 1 aromatic rings. The Bertz CT molecular complexity index is 400. The maximum Gasteiger partial charge on any atom is 0.107 e. The first kappa shape index (κ1) is 19.5. The van der Waals surface area contributed by atoms with Gasteiger partial charge in [-0.15, -0.1) is 0 Å². The average molecular weight is 333 g/mol. The molecule has 1 saturated heterocycles. The minimum Gasteiger partial charge on any atom is -0.371 e. The van der Waals surface area contributed by atoms with E-state index in [4.69, 9.17) is 9.47 Å². The van der Waals surface area contributed by atoms with E-state index in [1.165, 1.54) is 69.8 Å². The molecule has 0 amide bonds. The second-order valence-electron chi connectivity index (χ2n) is 7.18. The summed E-state index contributed by atoms with van der Waals surface area (Å²) >= 11 is 0. The molecule has 0 bridgehead atoms. The highest BCUT2D eigenvalue weighted by atomic mass is 16.6. The van der Waals surface area contributed by atoms with Crippen LogP contribution in [0, 0.1) is 0 Å². The van der Waals surface area contributed by atoms with Gasteiger partial charge in [0.25, 0.3) is 0 Å². The maximum absolute atomic E-state index is 6.11. The quantitative estimate of drug-likeness (QED) is 0.278. The minimum absolute atomic E-state index is 0.291. The summed E-state index contributed by atoms with van der Waals surface area (Å²) in [4.78, 5) is 0. The Kier molecular flexibility index (Phi) is 10.1. The van der Waals surface area contributed by atoms with E-state index in [1.807, 2.05) is 0 Å². The van der Waals surface area contributed by atoms with E-state index in [-0.39, 0.29) is 0 Å². The summed E-state index contributed by atoms with van der Waals surface area (Å²) in [6, 6.07) is 10.5. The standard InChI is InChI=1S/C22H36O2/c1-2-3-4-5-6-7-8-9-10-14-17-21(22-19-24-22)23-18-20-15-12-11-13-16-20/h11-13,15-16,21-22H,2-10,14,17-19H2,1H3/t21-,22-/m0/s1. The fraction of sp³-hybridized carbons (Fsp3) is 0.727. The average Bonchev–Trinajstić information content (AvgIpc) is 3.45. The summed E-state index contributed by atoms with van der Waals surface area (Å²) in [6.45, 7) is 3.88. The van der Waals surface area contributed by atoms with E-state index in [1.54, 1.807) is 0 Å². The van der Waals surface area contributed by atoms with Crippen LogP contribution in [0.4, 0.5) is 0 Å². The van der Waals surface area contributed by atoms with Crippen LogP contribution in [0.1, 0.15) is 83.1 Å². The highest BCUT2D eigenvalue weighted by molar-refractivity contribution is 5.13. The Labute approximate surface area is 148 Å². The van der Waals surface area contributed by atoms with Crippen LogP contribution in [0.2, 0.25) is 0 Å².